The summed E-state index contributed by atoms with van der Waals surface area (Å²) in [6, 6.07) is 7.62. The van der Waals surface area contributed by atoms with E-state index in [-0.39, 0.29) is 5.12 Å². The van der Waals surface area contributed by atoms with Crippen LogP contribution in [0.25, 0.3) is 0 Å². The zero-order chi connectivity index (χ0) is 20.0. The van der Waals surface area contributed by atoms with Gasteiger partial charge in [-0.05, 0) is 31.7 Å². The summed E-state index contributed by atoms with van der Waals surface area (Å²) in [4.78, 5) is 49.3. The van der Waals surface area contributed by atoms with E-state index in [1.165, 1.54) is 18.7 Å². The number of nitrogens with zero attached hydrogens (tertiary/aromatic N) is 1. The van der Waals surface area contributed by atoms with E-state index in [0.29, 0.717) is 25.8 Å². The molecular formula is C19H24N2O5S. The quantitative estimate of drug-likeness (QED) is 0.728. The fourth-order valence-corrected chi connectivity index (χ4v) is 3.97. The van der Waals surface area contributed by atoms with Crippen LogP contribution in [0.2, 0.25) is 0 Å². The Morgan fingerprint density at radius 2 is 1.93 bits per heavy atom. The Kier molecular flexibility index (Phi) is 7.41. The minimum atomic E-state index is -1.03. The van der Waals surface area contributed by atoms with Gasteiger partial charge in [-0.1, -0.05) is 42.1 Å². The Balaban J connectivity index is 2.03. The summed E-state index contributed by atoms with van der Waals surface area (Å²) in [5.74, 6) is -1.86. The highest BCUT2D eigenvalue weighted by Crippen LogP contribution is 2.20. The van der Waals surface area contributed by atoms with Crippen molar-refractivity contribution in [1.82, 2.24) is 10.2 Å². The molecule has 27 heavy (non-hydrogen) atoms. The highest BCUT2D eigenvalue weighted by Gasteiger charge is 2.36. The standard InChI is InChI=1S/C19H24N2O5S/c1-12(18(24)21-10-6-9-15(21)19(25)26)20-17(23)16(27-13(2)22)11-14-7-4-3-5-8-14/h3-5,7-8,12,15-16H,6,9-11H2,1-2H3,(H,20,23)(H,25,26)/t12-,15+,16?/m0/s1. The number of thioether (sulfide) groups is 1. The van der Waals surface area contributed by atoms with E-state index in [1.807, 2.05) is 30.3 Å². The largest absolute Gasteiger partial charge is 0.480 e. The second-order valence-corrected chi connectivity index (χ2v) is 7.93. The van der Waals surface area contributed by atoms with Crippen LogP contribution in [0.5, 0.6) is 0 Å². The minimum absolute atomic E-state index is 0.185. The summed E-state index contributed by atoms with van der Waals surface area (Å²) in [7, 11) is 0. The molecule has 1 heterocycles. The Hall–Kier alpha value is -2.35. The van der Waals surface area contributed by atoms with Crippen molar-refractivity contribution in [2.24, 2.45) is 0 Å². The van der Waals surface area contributed by atoms with Crippen LogP contribution in [0.15, 0.2) is 30.3 Å². The molecule has 3 atom stereocenters. The van der Waals surface area contributed by atoms with Crippen molar-refractivity contribution in [2.45, 2.75) is 50.4 Å². The van der Waals surface area contributed by atoms with Crippen LogP contribution in [0, 0.1) is 0 Å². The number of aliphatic carboxylic acids is 1. The lowest BCUT2D eigenvalue weighted by atomic mass is 10.1. The van der Waals surface area contributed by atoms with Gasteiger partial charge in [-0.15, -0.1) is 0 Å². The molecule has 1 saturated heterocycles. The number of nitrogens with one attached hydrogen (secondary N) is 1. The van der Waals surface area contributed by atoms with Gasteiger partial charge in [0.25, 0.3) is 0 Å². The smallest absolute Gasteiger partial charge is 0.326 e. The highest BCUT2D eigenvalue weighted by molar-refractivity contribution is 8.14. The SMILES string of the molecule is CC(=O)SC(Cc1ccccc1)C(=O)N[C@@H](C)C(=O)N1CCC[C@@H]1C(=O)O. The first kappa shape index (κ1) is 21.0. The molecule has 2 amide bonds. The van der Waals surface area contributed by atoms with Gasteiger partial charge in [0.1, 0.15) is 12.1 Å². The predicted molar refractivity (Wildman–Crippen MR) is 102 cm³/mol. The van der Waals surface area contributed by atoms with Crippen LogP contribution in [0.4, 0.5) is 0 Å². The zero-order valence-electron chi connectivity index (χ0n) is 15.4. The van der Waals surface area contributed by atoms with Gasteiger partial charge in [0, 0.05) is 13.5 Å². The van der Waals surface area contributed by atoms with Crippen LogP contribution in [-0.4, -0.2) is 56.8 Å². The molecule has 2 rings (SSSR count). The average Bonchev–Trinajstić information content (AvgIpc) is 3.11. The van der Waals surface area contributed by atoms with Gasteiger partial charge < -0.3 is 15.3 Å². The number of hydrogen-bond donors (Lipinski definition) is 2. The molecule has 0 aliphatic carbocycles. The number of benzene rings is 1. The minimum Gasteiger partial charge on any atom is -0.480 e. The van der Waals surface area contributed by atoms with Gasteiger partial charge in [0.2, 0.25) is 11.8 Å². The fourth-order valence-electron chi connectivity index (χ4n) is 3.12. The Morgan fingerprint density at radius 3 is 2.52 bits per heavy atom. The van der Waals surface area contributed by atoms with Gasteiger partial charge in [-0.3, -0.25) is 14.4 Å². The van der Waals surface area contributed by atoms with E-state index < -0.39 is 35.1 Å². The van der Waals surface area contributed by atoms with Crippen molar-refractivity contribution in [3.05, 3.63) is 35.9 Å². The summed E-state index contributed by atoms with van der Waals surface area (Å²) in [5, 5.41) is 11.0. The number of carbonyl (C=O) groups is 4. The van der Waals surface area contributed by atoms with Gasteiger partial charge in [-0.25, -0.2) is 4.79 Å². The average molecular weight is 392 g/mol. The molecule has 146 valence electrons. The van der Waals surface area contributed by atoms with Crippen LogP contribution >= 0.6 is 11.8 Å². The first-order valence-corrected chi connectivity index (χ1v) is 9.72. The lowest BCUT2D eigenvalue weighted by molar-refractivity contribution is -0.149. The lowest BCUT2D eigenvalue weighted by Gasteiger charge is -2.26. The molecule has 1 aliphatic rings. The molecule has 1 fully saturated rings. The van der Waals surface area contributed by atoms with Crippen LogP contribution in [-0.2, 0) is 25.6 Å². The lowest BCUT2D eigenvalue weighted by Crippen LogP contribution is -2.52. The van der Waals surface area contributed by atoms with Crippen molar-refractivity contribution < 1.29 is 24.3 Å². The van der Waals surface area contributed by atoms with E-state index in [1.54, 1.807) is 0 Å². The molecule has 0 aromatic heterocycles. The normalized spacial score (nSPS) is 18.6. The maximum Gasteiger partial charge on any atom is 0.326 e. The van der Waals surface area contributed by atoms with E-state index in [2.05, 4.69) is 5.32 Å². The summed E-state index contributed by atoms with van der Waals surface area (Å²) >= 11 is 0.924. The zero-order valence-corrected chi connectivity index (χ0v) is 16.2. The highest BCUT2D eigenvalue weighted by atomic mass is 32.2. The van der Waals surface area contributed by atoms with Crippen LogP contribution in [0.3, 0.4) is 0 Å². The maximum atomic E-state index is 12.7. The van der Waals surface area contributed by atoms with Crippen molar-refractivity contribution in [1.29, 1.82) is 0 Å². The molecule has 1 aromatic carbocycles. The molecule has 0 bridgehead atoms. The van der Waals surface area contributed by atoms with Crippen LogP contribution < -0.4 is 5.32 Å². The molecule has 7 nitrogen and oxygen atoms in total. The van der Waals surface area contributed by atoms with Gasteiger partial charge in [-0.2, -0.15) is 0 Å². The van der Waals surface area contributed by atoms with Gasteiger partial charge >= 0.3 is 5.97 Å². The molecule has 1 aromatic rings. The first-order valence-electron chi connectivity index (χ1n) is 8.84. The summed E-state index contributed by atoms with van der Waals surface area (Å²) in [6.07, 6.45) is 1.40. The second kappa shape index (κ2) is 9.55. The molecule has 0 radical (unpaired) electrons. The number of hydrogen-bond acceptors (Lipinski definition) is 5. The third-order valence-electron chi connectivity index (χ3n) is 4.41. The van der Waals surface area contributed by atoms with Crippen molar-refractivity contribution in [2.75, 3.05) is 6.54 Å². The summed E-state index contributed by atoms with van der Waals surface area (Å²) in [5.41, 5.74) is 0.913. The molecule has 0 spiro atoms. The van der Waals surface area contributed by atoms with E-state index in [4.69, 9.17) is 0 Å². The Labute approximate surface area is 162 Å². The second-order valence-electron chi connectivity index (χ2n) is 6.55. The summed E-state index contributed by atoms with van der Waals surface area (Å²) in [6.45, 7) is 3.30. The van der Waals surface area contributed by atoms with E-state index in [0.717, 1.165) is 17.3 Å². The molecule has 8 heteroatoms. The monoisotopic (exact) mass is 392 g/mol. The number of carbonyl (C=O) groups excluding carboxylic acids is 3. The number of carboxylic acids is 1. The molecule has 1 aliphatic heterocycles. The van der Waals surface area contributed by atoms with Gasteiger partial charge in [0.05, 0.1) is 5.25 Å². The summed E-state index contributed by atoms with van der Waals surface area (Å²) < 4.78 is 0. The van der Waals surface area contributed by atoms with E-state index >= 15 is 0 Å². The van der Waals surface area contributed by atoms with Crippen molar-refractivity contribution in [3.63, 3.8) is 0 Å². The maximum absolute atomic E-state index is 12.7. The molecular weight excluding hydrogens is 368 g/mol. The number of carboxylic acid groups (broad SMARTS) is 1. The Morgan fingerprint density at radius 1 is 1.26 bits per heavy atom. The third-order valence-corrected chi connectivity index (χ3v) is 5.41. The molecule has 0 saturated carbocycles. The first-order chi connectivity index (χ1) is 12.8. The molecule has 2 N–H and O–H groups in total. The third kappa shape index (κ3) is 5.82. The van der Waals surface area contributed by atoms with Crippen LogP contribution in [0.1, 0.15) is 32.3 Å². The number of amides is 2. The number of rotatable bonds is 7. The van der Waals surface area contributed by atoms with Crippen molar-refractivity contribution >= 4 is 34.7 Å². The van der Waals surface area contributed by atoms with Crippen molar-refractivity contribution in [3.8, 4) is 0 Å². The Bertz CT molecular complexity index is 709. The predicted octanol–water partition coefficient (Wildman–Crippen LogP) is 1.46. The molecule has 1 unspecified atom stereocenters. The number of likely N-dealkylation sites (tertiary alicyclic amines) is 1. The topological polar surface area (TPSA) is 104 Å². The van der Waals surface area contributed by atoms with Gasteiger partial charge in [0.15, 0.2) is 5.12 Å². The fraction of sp³-hybridized carbons (Fsp3) is 0.474. The van der Waals surface area contributed by atoms with E-state index in [9.17, 15) is 24.3 Å².